The Bertz CT molecular complexity index is 1650. The highest BCUT2D eigenvalue weighted by molar-refractivity contribution is 5.76. The molecule has 0 bridgehead atoms. The van der Waals surface area contributed by atoms with Crippen molar-refractivity contribution in [2.45, 2.75) is 360 Å². The Kier molecular flexibility index (Phi) is 70.7. The second kappa shape index (κ2) is 73.8. The summed E-state index contributed by atoms with van der Waals surface area (Å²) in [6, 6.07) is -0.650. The van der Waals surface area contributed by atoms with Crippen molar-refractivity contribution in [2.24, 2.45) is 0 Å². The van der Waals surface area contributed by atoms with Crippen molar-refractivity contribution in [3.63, 3.8) is 0 Å². The molecule has 482 valence electrons. The van der Waals surface area contributed by atoms with Crippen molar-refractivity contribution in [1.82, 2.24) is 5.32 Å². The number of carbonyl (C=O) groups is 1. The number of amides is 1. The monoisotopic (exact) mass is 1160 g/mol. The zero-order valence-corrected chi connectivity index (χ0v) is 55.6. The van der Waals surface area contributed by atoms with Gasteiger partial charge < -0.3 is 15.5 Å². The number of carbonyl (C=O) groups excluding carboxylic acids is 1. The Morgan fingerprint density at radius 2 is 0.536 bits per heavy atom. The van der Waals surface area contributed by atoms with Gasteiger partial charge in [0.15, 0.2) is 0 Å². The minimum Gasteiger partial charge on any atom is -0.394 e. The van der Waals surface area contributed by atoms with Gasteiger partial charge in [0, 0.05) is 6.42 Å². The third kappa shape index (κ3) is 69.3. The maximum atomic E-state index is 12.5. The summed E-state index contributed by atoms with van der Waals surface area (Å²) in [7, 11) is 0. The summed E-state index contributed by atoms with van der Waals surface area (Å²) in [6.07, 6.45) is 114. The van der Waals surface area contributed by atoms with Gasteiger partial charge in [0.1, 0.15) is 0 Å². The molecule has 4 nitrogen and oxygen atoms in total. The molecule has 0 saturated heterocycles. The fourth-order valence-corrected chi connectivity index (χ4v) is 10.7. The summed E-state index contributed by atoms with van der Waals surface area (Å²) < 4.78 is 0. The summed E-state index contributed by atoms with van der Waals surface area (Å²) in [4.78, 5) is 12.5. The molecule has 0 spiro atoms. The SMILES string of the molecule is CC/C=C\C/C=C\C/C=C\C/C=C\C/C=C\C/C=C\C/C=C\C/C=C\C/C=C\CCCCCCCCCCCCCCCC(=O)NC(CO)C(O)/C=C/CC/C=C/CCCCCCCCCCCCCCCCCCCCCCCCCCC. The molecule has 0 rings (SSSR count). The molecule has 0 heterocycles. The van der Waals surface area contributed by atoms with Gasteiger partial charge in [-0.2, -0.15) is 0 Å². The van der Waals surface area contributed by atoms with Gasteiger partial charge in [-0.3, -0.25) is 4.79 Å². The van der Waals surface area contributed by atoms with Crippen molar-refractivity contribution < 1.29 is 15.0 Å². The minimum atomic E-state index is -0.872. The van der Waals surface area contributed by atoms with E-state index >= 15 is 0 Å². The van der Waals surface area contributed by atoms with E-state index in [-0.39, 0.29) is 12.5 Å². The Balaban J connectivity index is 3.55. The second-order valence-electron chi connectivity index (χ2n) is 24.3. The van der Waals surface area contributed by atoms with Crippen LogP contribution in [0.5, 0.6) is 0 Å². The molecule has 0 aliphatic rings. The molecule has 3 N–H and O–H groups in total. The highest BCUT2D eigenvalue weighted by Gasteiger charge is 2.18. The minimum absolute atomic E-state index is 0.0759. The molecule has 1 amide bonds. The van der Waals surface area contributed by atoms with Gasteiger partial charge >= 0.3 is 0 Å². The number of unbranched alkanes of at least 4 members (excludes halogenated alkanes) is 39. The molecule has 2 unspecified atom stereocenters. The first-order valence-corrected chi connectivity index (χ1v) is 36.4. The molecule has 0 fully saturated rings. The van der Waals surface area contributed by atoms with Gasteiger partial charge in [0.2, 0.25) is 5.91 Å². The average molecular weight is 1160 g/mol. The molecule has 0 saturated carbocycles. The van der Waals surface area contributed by atoms with Crippen molar-refractivity contribution in [2.75, 3.05) is 6.61 Å². The lowest BCUT2D eigenvalue weighted by atomic mass is 10.0. The number of rotatable bonds is 66. The molecule has 0 aromatic heterocycles. The predicted octanol–water partition coefficient (Wildman–Crippen LogP) is 25.3. The summed E-state index contributed by atoms with van der Waals surface area (Å²) >= 11 is 0. The number of hydrogen-bond donors (Lipinski definition) is 3. The number of allylic oxidation sites excluding steroid dienone is 21. The van der Waals surface area contributed by atoms with Crippen LogP contribution in [-0.2, 0) is 4.79 Å². The predicted molar refractivity (Wildman–Crippen MR) is 377 cm³/mol. The lowest BCUT2D eigenvalue weighted by molar-refractivity contribution is -0.123. The molecule has 0 aliphatic heterocycles. The van der Waals surface area contributed by atoms with Gasteiger partial charge in [0.25, 0.3) is 0 Å². The highest BCUT2D eigenvalue weighted by atomic mass is 16.3. The Hall–Kier alpha value is -3.47. The van der Waals surface area contributed by atoms with Crippen LogP contribution in [-0.4, -0.2) is 34.9 Å². The van der Waals surface area contributed by atoms with Crippen LogP contribution in [0.3, 0.4) is 0 Å². The molecule has 4 heteroatoms. The van der Waals surface area contributed by atoms with E-state index in [2.05, 4.69) is 141 Å². The maximum Gasteiger partial charge on any atom is 0.220 e. The van der Waals surface area contributed by atoms with E-state index in [4.69, 9.17) is 0 Å². The lowest BCUT2D eigenvalue weighted by Gasteiger charge is -2.19. The van der Waals surface area contributed by atoms with Crippen LogP contribution in [0.25, 0.3) is 0 Å². The van der Waals surface area contributed by atoms with Crippen molar-refractivity contribution in [3.8, 4) is 0 Å². The standard InChI is InChI=1S/C80H139NO3/c1-3-5-7-9-11-13-15-17-19-21-23-25-27-29-31-33-35-36-37-38-39-40-41-42-43-44-46-48-50-52-54-56-58-60-62-64-66-68-70-72-74-76-80(84)81-78(77-82)79(83)75-73-71-69-67-65-63-61-59-57-55-53-51-49-47-45-34-32-30-28-26-24-22-20-18-16-14-12-10-8-6-4-2/h5,7,11,13,17,19,23,25,29,31,35-36,38-39,41-42,44,46,65,67,73,75,78-79,82-83H,3-4,6,8-10,12,14-16,18,20-22,24,26-28,30,32-34,37,40,43,45,47-64,66,68-72,74,76-77H2,1-2H3,(H,81,84)/b7-5-,13-11-,19-17-,25-23-,31-29-,36-35-,39-38-,42-41-,46-44-,67-65+,75-73+. The van der Waals surface area contributed by atoms with Gasteiger partial charge in [-0.15, -0.1) is 0 Å². The van der Waals surface area contributed by atoms with Crippen LogP contribution in [0.15, 0.2) is 134 Å². The van der Waals surface area contributed by atoms with E-state index in [1.807, 2.05) is 6.08 Å². The zero-order chi connectivity index (χ0) is 60.5. The number of aliphatic hydroxyl groups excluding tert-OH is 2. The highest BCUT2D eigenvalue weighted by Crippen LogP contribution is 2.18. The van der Waals surface area contributed by atoms with Crippen LogP contribution in [0.4, 0.5) is 0 Å². The van der Waals surface area contributed by atoms with Gasteiger partial charge in [-0.1, -0.05) is 372 Å². The molecule has 0 radical (unpaired) electrons. The van der Waals surface area contributed by atoms with Crippen LogP contribution < -0.4 is 5.32 Å². The Morgan fingerprint density at radius 3 is 0.833 bits per heavy atom. The van der Waals surface area contributed by atoms with E-state index in [1.54, 1.807) is 6.08 Å². The second-order valence-corrected chi connectivity index (χ2v) is 24.3. The molecule has 84 heavy (non-hydrogen) atoms. The smallest absolute Gasteiger partial charge is 0.220 e. The van der Waals surface area contributed by atoms with Crippen LogP contribution in [0.1, 0.15) is 348 Å². The normalized spacial score (nSPS) is 13.5. The fourth-order valence-electron chi connectivity index (χ4n) is 10.7. The molecule has 0 aliphatic carbocycles. The largest absolute Gasteiger partial charge is 0.394 e. The number of nitrogens with one attached hydrogen (secondary N) is 1. The number of aliphatic hydroxyl groups is 2. The van der Waals surface area contributed by atoms with Crippen LogP contribution >= 0.6 is 0 Å². The molecule has 0 aromatic carbocycles. The third-order valence-corrected chi connectivity index (χ3v) is 16.1. The quantitative estimate of drug-likeness (QED) is 0.0420. The van der Waals surface area contributed by atoms with Crippen molar-refractivity contribution in [3.05, 3.63) is 134 Å². The van der Waals surface area contributed by atoms with Gasteiger partial charge in [-0.05, 0) is 103 Å². The Labute approximate surface area is 523 Å². The molecule has 2 atom stereocenters. The van der Waals surface area contributed by atoms with Crippen molar-refractivity contribution >= 4 is 5.91 Å². The van der Waals surface area contributed by atoms with Crippen molar-refractivity contribution in [1.29, 1.82) is 0 Å². The first-order chi connectivity index (χ1) is 41.7. The van der Waals surface area contributed by atoms with E-state index in [0.717, 1.165) is 89.9 Å². The maximum absolute atomic E-state index is 12.5. The molecular weight excluding hydrogens is 1020 g/mol. The topological polar surface area (TPSA) is 69.6 Å². The van der Waals surface area contributed by atoms with E-state index < -0.39 is 12.1 Å². The summed E-state index contributed by atoms with van der Waals surface area (Å²) in [5.41, 5.74) is 0. The van der Waals surface area contributed by atoms with Gasteiger partial charge in [-0.25, -0.2) is 0 Å². The summed E-state index contributed by atoms with van der Waals surface area (Å²) in [5, 5.41) is 23.3. The third-order valence-electron chi connectivity index (χ3n) is 16.1. The lowest BCUT2D eigenvalue weighted by Crippen LogP contribution is -2.45. The number of hydrogen-bond acceptors (Lipinski definition) is 3. The fraction of sp³-hybridized carbons (Fsp3) is 0.713. The van der Waals surface area contributed by atoms with E-state index in [1.165, 1.54) is 238 Å². The zero-order valence-electron chi connectivity index (χ0n) is 55.6. The molecule has 0 aromatic rings. The Morgan fingerprint density at radius 1 is 0.298 bits per heavy atom. The van der Waals surface area contributed by atoms with Gasteiger partial charge in [0.05, 0.1) is 18.8 Å². The average Bonchev–Trinajstić information content (AvgIpc) is 3.51. The summed E-state index contributed by atoms with van der Waals surface area (Å²) in [6.45, 7) is 4.21. The van der Waals surface area contributed by atoms with E-state index in [9.17, 15) is 15.0 Å². The van der Waals surface area contributed by atoms with Crippen LogP contribution in [0.2, 0.25) is 0 Å². The first-order valence-electron chi connectivity index (χ1n) is 36.4. The van der Waals surface area contributed by atoms with E-state index in [0.29, 0.717) is 6.42 Å². The summed E-state index contributed by atoms with van der Waals surface area (Å²) in [5.74, 6) is -0.0759. The first kappa shape index (κ1) is 80.5. The van der Waals surface area contributed by atoms with Crippen LogP contribution in [0, 0.1) is 0 Å². The molecular formula is C80H139NO3.